The van der Waals surface area contributed by atoms with Crippen molar-refractivity contribution in [1.29, 1.82) is 0 Å². The van der Waals surface area contributed by atoms with Crippen LogP contribution in [-0.4, -0.2) is 27.2 Å². The van der Waals surface area contributed by atoms with Crippen LogP contribution in [0.2, 0.25) is 0 Å². The third-order valence-corrected chi connectivity index (χ3v) is 3.92. The predicted molar refractivity (Wildman–Crippen MR) is 64.4 cm³/mol. The molecule has 0 aromatic carbocycles. The molecule has 1 heterocycles. The van der Waals surface area contributed by atoms with Gasteiger partial charge in [0.25, 0.3) is 0 Å². The second-order valence-corrected chi connectivity index (χ2v) is 5.35. The minimum atomic E-state index is -4.21. The van der Waals surface area contributed by atoms with Gasteiger partial charge < -0.3 is 5.11 Å². The number of aliphatic hydroxyl groups is 1. The molecule has 6 heteroatoms. The van der Waals surface area contributed by atoms with Gasteiger partial charge in [0.2, 0.25) is 0 Å². The van der Waals surface area contributed by atoms with Crippen LogP contribution >= 0.6 is 0 Å². The minimum Gasteiger partial charge on any atom is -0.392 e. The van der Waals surface area contributed by atoms with Crippen molar-refractivity contribution in [3.8, 4) is 0 Å². The first-order chi connectivity index (χ1) is 8.88. The molecule has 1 aromatic rings. The summed E-state index contributed by atoms with van der Waals surface area (Å²) in [7, 11) is 1.75. The first-order valence-corrected chi connectivity index (χ1v) is 6.61. The van der Waals surface area contributed by atoms with Gasteiger partial charge in [-0.1, -0.05) is 12.8 Å². The lowest BCUT2D eigenvalue weighted by atomic mass is 9.75. The summed E-state index contributed by atoms with van der Waals surface area (Å²) in [6.45, 7) is 0. The number of hydrogen-bond donors (Lipinski definition) is 1. The summed E-state index contributed by atoms with van der Waals surface area (Å²) in [5, 5.41) is 14.2. The summed E-state index contributed by atoms with van der Waals surface area (Å²) in [5.74, 6) is -2.07. The highest BCUT2D eigenvalue weighted by molar-refractivity contribution is 5.01. The predicted octanol–water partition coefficient (Wildman–Crippen LogP) is 2.69. The minimum absolute atomic E-state index is 0.132. The Kier molecular flexibility index (Phi) is 4.18. The fraction of sp³-hybridized carbons (Fsp3) is 0.769. The van der Waals surface area contributed by atoms with Gasteiger partial charge in [-0.3, -0.25) is 4.68 Å². The Balaban J connectivity index is 2.05. The molecule has 1 aromatic heterocycles. The number of rotatable bonds is 3. The van der Waals surface area contributed by atoms with E-state index in [0.29, 0.717) is 18.5 Å². The average Bonchev–Trinajstić information content (AvgIpc) is 2.73. The van der Waals surface area contributed by atoms with Gasteiger partial charge in [0.1, 0.15) is 0 Å². The fourth-order valence-corrected chi connectivity index (χ4v) is 2.96. The van der Waals surface area contributed by atoms with Crippen molar-refractivity contribution in [1.82, 2.24) is 9.78 Å². The molecular weight excluding hydrogens is 257 g/mol. The van der Waals surface area contributed by atoms with Gasteiger partial charge in [-0.05, 0) is 24.8 Å². The Labute approximate surface area is 110 Å². The number of aromatic nitrogens is 2. The van der Waals surface area contributed by atoms with Crippen LogP contribution in [0.5, 0.6) is 0 Å². The average molecular weight is 276 g/mol. The zero-order valence-corrected chi connectivity index (χ0v) is 10.9. The largest absolute Gasteiger partial charge is 0.392 e. The molecule has 0 bridgehead atoms. The van der Waals surface area contributed by atoms with Crippen LogP contribution in [0, 0.1) is 11.8 Å². The Bertz CT molecular complexity index is 416. The smallest absolute Gasteiger partial charge is 0.392 e. The van der Waals surface area contributed by atoms with Crippen molar-refractivity contribution in [2.24, 2.45) is 18.9 Å². The maximum atomic E-state index is 13.0. The SMILES string of the molecule is Cn1ccc(CC(O)C2CCCCC2C(F)(F)F)n1. The van der Waals surface area contributed by atoms with E-state index in [4.69, 9.17) is 0 Å². The van der Waals surface area contributed by atoms with Gasteiger partial charge in [-0.25, -0.2) is 0 Å². The highest BCUT2D eigenvalue weighted by Gasteiger charge is 2.47. The second kappa shape index (κ2) is 5.53. The third-order valence-electron chi connectivity index (χ3n) is 3.92. The van der Waals surface area contributed by atoms with Crippen LogP contribution in [0.3, 0.4) is 0 Å². The van der Waals surface area contributed by atoms with E-state index < -0.39 is 24.1 Å². The molecule has 108 valence electrons. The highest BCUT2D eigenvalue weighted by atomic mass is 19.4. The third kappa shape index (κ3) is 3.49. The summed E-state index contributed by atoms with van der Waals surface area (Å²) in [6.07, 6.45) is -1.33. The molecule has 19 heavy (non-hydrogen) atoms. The topological polar surface area (TPSA) is 38.0 Å². The molecule has 1 fully saturated rings. The molecule has 3 atom stereocenters. The molecule has 3 nitrogen and oxygen atoms in total. The zero-order chi connectivity index (χ0) is 14.0. The van der Waals surface area contributed by atoms with Crippen LogP contribution in [0.25, 0.3) is 0 Å². The molecule has 1 aliphatic rings. The van der Waals surface area contributed by atoms with Crippen molar-refractivity contribution in [2.45, 2.75) is 44.4 Å². The van der Waals surface area contributed by atoms with E-state index in [1.807, 2.05) is 0 Å². The van der Waals surface area contributed by atoms with E-state index in [0.717, 1.165) is 6.42 Å². The van der Waals surface area contributed by atoms with Crippen LogP contribution in [0.4, 0.5) is 13.2 Å². The monoisotopic (exact) mass is 276 g/mol. The summed E-state index contributed by atoms with van der Waals surface area (Å²) in [5.41, 5.74) is 0.640. The van der Waals surface area contributed by atoms with Crippen LogP contribution in [0.15, 0.2) is 12.3 Å². The highest BCUT2D eigenvalue weighted by Crippen LogP contribution is 2.43. The molecule has 2 rings (SSSR count). The quantitative estimate of drug-likeness (QED) is 0.921. The van der Waals surface area contributed by atoms with Gasteiger partial charge in [0, 0.05) is 19.7 Å². The molecule has 3 unspecified atom stereocenters. The number of aryl methyl sites for hydroxylation is 1. The summed E-state index contributed by atoms with van der Waals surface area (Å²) >= 11 is 0. The van der Waals surface area contributed by atoms with Crippen molar-refractivity contribution in [3.05, 3.63) is 18.0 Å². The van der Waals surface area contributed by atoms with E-state index in [2.05, 4.69) is 5.10 Å². The number of aliphatic hydroxyl groups excluding tert-OH is 1. The molecule has 1 saturated carbocycles. The molecule has 0 saturated heterocycles. The number of halogens is 3. The van der Waals surface area contributed by atoms with Crippen molar-refractivity contribution >= 4 is 0 Å². The molecule has 1 N–H and O–H groups in total. The van der Waals surface area contributed by atoms with E-state index in [1.165, 1.54) is 0 Å². The zero-order valence-electron chi connectivity index (χ0n) is 10.9. The first-order valence-electron chi connectivity index (χ1n) is 6.61. The Morgan fingerprint density at radius 2 is 2.11 bits per heavy atom. The van der Waals surface area contributed by atoms with Gasteiger partial charge in [0.05, 0.1) is 17.7 Å². The lowest BCUT2D eigenvalue weighted by molar-refractivity contribution is -0.206. The van der Waals surface area contributed by atoms with E-state index >= 15 is 0 Å². The number of hydrogen-bond acceptors (Lipinski definition) is 2. The van der Waals surface area contributed by atoms with Gasteiger partial charge in [-0.2, -0.15) is 18.3 Å². The standard InChI is InChI=1S/C13H19F3N2O/c1-18-7-6-9(17-18)8-12(19)10-4-2-3-5-11(10)13(14,15)16/h6-7,10-12,19H,2-5,8H2,1H3. The Morgan fingerprint density at radius 1 is 1.42 bits per heavy atom. The van der Waals surface area contributed by atoms with Crippen molar-refractivity contribution in [3.63, 3.8) is 0 Å². The van der Waals surface area contributed by atoms with Crippen molar-refractivity contribution in [2.75, 3.05) is 0 Å². The fourth-order valence-electron chi connectivity index (χ4n) is 2.96. The molecule has 1 aliphatic carbocycles. The Hall–Kier alpha value is -1.04. The molecule has 0 aliphatic heterocycles. The summed E-state index contributed by atoms with van der Waals surface area (Å²) < 4.78 is 40.5. The van der Waals surface area contributed by atoms with Crippen LogP contribution < -0.4 is 0 Å². The van der Waals surface area contributed by atoms with Gasteiger partial charge in [-0.15, -0.1) is 0 Å². The maximum Gasteiger partial charge on any atom is 0.392 e. The van der Waals surface area contributed by atoms with Crippen molar-refractivity contribution < 1.29 is 18.3 Å². The normalized spacial score (nSPS) is 26.4. The lowest BCUT2D eigenvalue weighted by Gasteiger charge is -2.35. The number of alkyl halides is 3. The lowest BCUT2D eigenvalue weighted by Crippen LogP contribution is -2.40. The molecule has 0 spiro atoms. The van der Waals surface area contributed by atoms with E-state index in [1.54, 1.807) is 24.0 Å². The number of nitrogens with zero attached hydrogens (tertiary/aromatic N) is 2. The van der Waals surface area contributed by atoms with Crippen LogP contribution in [-0.2, 0) is 13.5 Å². The molecule has 0 amide bonds. The van der Waals surface area contributed by atoms with Gasteiger partial charge >= 0.3 is 6.18 Å². The molecule has 0 radical (unpaired) electrons. The molecular formula is C13H19F3N2O. The van der Waals surface area contributed by atoms with Gasteiger partial charge in [0.15, 0.2) is 0 Å². The second-order valence-electron chi connectivity index (χ2n) is 5.35. The summed E-state index contributed by atoms with van der Waals surface area (Å²) in [4.78, 5) is 0. The Morgan fingerprint density at radius 3 is 2.68 bits per heavy atom. The van der Waals surface area contributed by atoms with Crippen LogP contribution in [0.1, 0.15) is 31.4 Å². The summed E-state index contributed by atoms with van der Waals surface area (Å²) in [6, 6.07) is 1.73. The van der Waals surface area contributed by atoms with E-state index in [-0.39, 0.29) is 12.8 Å². The maximum absolute atomic E-state index is 13.0. The van der Waals surface area contributed by atoms with E-state index in [9.17, 15) is 18.3 Å². The first kappa shape index (κ1) is 14.4.